The van der Waals surface area contributed by atoms with Gasteiger partial charge in [0.05, 0.1) is 24.4 Å². The summed E-state index contributed by atoms with van der Waals surface area (Å²) in [6, 6.07) is 57.3. The Morgan fingerprint density at radius 3 is 0.879 bits per heavy atom. The standard InChI is InChI=1S/C22H12.C12H12O2.3C8H10O2/c1-3-13-7-9-15-11-12-16-10-8-14-4-2-6-18-17(5-1)19(13)21(15)22(16)20(14)18;1-8(13)9-2-3-11-7-12(14)5-4-10(11)6-9;3*1-6(9)7-2-4-8(10)5-3-7/h1-12H;2-8,13-14H,1H3;3*2-6,9-10H,1H3. The summed E-state index contributed by atoms with van der Waals surface area (Å²) in [6.45, 7) is 6.80. The van der Waals surface area contributed by atoms with E-state index in [9.17, 15) is 10.2 Å². The molecule has 4 atom stereocenters. The normalized spacial score (nSPS) is 12.8. The molecule has 4 unspecified atom stereocenters. The van der Waals surface area contributed by atoms with Gasteiger partial charge in [0, 0.05) is 0 Å². The fourth-order valence-electron chi connectivity index (χ4n) is 8.01. The molecule has 8 heteroatoms. The number of aromatic hydroxyl groups is 4. The van der Waals surface area contributed by atoms with Crippen LogP contribution in [0.1, 0.15) is 74.4 Å². The Hall–Kier alpha value is -7.46. The molecule has 0 bridgehead atoms. The number of rotatable bonds is 4. The van der Waals surface area contributed by atoms with Crippen LogP contribution >= 0.6 is 0 Å². The number of phenolic OH excluding ortho intramolecular Hbond substituents is 4. The van der Waals surface area contributed by atoms with Crippen molar-refractivity contribution in [3.8, 4) is 23.0 Å². The highest BCUT2D eigenvalue weighted by Gasteiger charge is 2.16. The molecule has 0 radical (unpaired) electrons. The van der Waals surface area contributed by atoms with Crippen LogP contribution in [0.5, 0.6) is 23.0 Å². The minimum absolute atomic E-state index is 0.226. The van der Waals surface area contributed by atoms with E-state index in [1.807, 2.05) is 24.3 Å². The summed E-state index contributed by atoms with van der Waals surface area (Å²) in [5.41, 5.74) is 3.34. The van der Waals surface area contributed by atoms with Crippen molar-refractivity contribution < 1.29 is 40.9 Å². The SMILES string of the molecule is CC(O)c1ccc(O)cc1.CC(O)c1ccc(O)cc1.CC(O)c1ccc(O)cc1.CC(O)c1ccc2cc(O)ccc2c1.c1cc2ccc3ccc4ccc5cccc6c(c1)c2c3c4c56. The third kappa shape index (κ3) is 10.7. The lowest BCUT2D eigenvalue weighted by Gasteiger charge is -2.17. The molecule has 0 fully saturated rings. The number of aliphatic hydroxyl groups excluding tert-OH is 4. The molecule has 0 aliphatic heterocycles. The number of aliphatic hydroxyl groups is 4. The molecule has 0 heterocycles. The van der Waals surface area contributed by atoms with E-state index in [0.717, 1.165) is 33.0 Å². The first-order chi connectivity index (χ1) is 31.7. The maximum atomic E-state index is 9.39. The molecule has 11 aromatic rings. The highest BCUT2D eigenvalue weighted by atomic mass is 16.3. The number of hydrogen-bond donors (Lipinski definition) is 8. The molecule has 0 saturated carbocycles. The first kappa shape index (κ1) is 46.5. The number of benzene rings is 11. The molecule has 0 saturated heterocycles. The van der Waals surface area contributed by atoms with Crippen LogP contribution in [0.3, 0.4) is 0 Å². The number of hydrogen-bond acceptors (Lipinski definition) is 8. The number of fused-ring (bicyclic) bond motifs is 2. The predicted octanol–water partition coefficient (Wildman–Crippen LogP) is 13.3. The van der Waals surface area contributed by atoms with Crippen LogP contribution in [-0.4, -0.2) is 40.9 Å². The van der Waals surface area contributed by atoms with Gasteiger partial charge in [-0.25, -0.2) is 0 Å². The van der Waals surface area contributed by atoms with Gasteiger partial charge in [0.2, 0.25) is 0 Å². The number of phenols is 4. The fraction of sp³-hybridized carbons (Fsp3) is 0.138. The molecule has 0 spiro atoms. The smallest absolute Gasteiger partial charge is 0.116 e. The van der Waals surface area contributed by atoms with Crippen molar-refractivity contribution in [1.29, 1.82) is 0 Å². The fourth-order valence-corrected chi connectivity index (χ4v) is 8.01. The second kappa shape index (κ2) is 20.6. The van der Waals surface area contributed by atoms with Crippen molar-refractivity contribution in [2.24, 2.45) is 0 Å². The summed E-state index contributed by atoms with van der Waals surface area (Å²) in [4.78, 5) is 0. The molecule has 11 rings (SSSR count). The zero-order chi connectivity index (χ0) is 47.1. The van der Waals surface area contributed by atoms with Crippen LogP contribution < -0.4 is 0 Å². The molecular weight excluding hydrogens is 825 g/mol. The molecule has 0 aliphatic rings. The third-order valence-corrected chi connectivity index (χ3v) is 11.6. The van der Waals surface area contributed by atoms with Crippen molar-refractivity contribution in [2.75, 3.05) is 0 Å². The monoisotopic (exact) mass is 878 g/mol. The highest BCUT2D eigenvalue weighted by Crippen LogP contribution is 2.44. The summed E-state index contributed by atoms with van der Waals surface area (Å²) in [5, 5.41) is 88.1. The van der Waals surface area contributed by atoms with Gasteiger partial charge in [0.15, 0.2) is 0 Å². The largest absolute Gasteiger partial charge is 0.508 e. The summed E-state index contributed by atoms with van der Waals surface area (Å²) in [5.74, 6) is 0.945. The van der Waals surface area contributed by atoms with Gasteiger partial charge in [-0.15, -0.1) is 0 Å². The van der Waals surface area contributed by atoms with Crippen molar-refractivity contribution in [1.82, 2.24) is 0 Å². The van der Waals surface area contributed by atoms with E-state index in [-0.39, 0.29) is 23.0 Å². The van der Waals surface area contributed by atoms with E-state index < -0.39 is 24.4 Å². The Morgan fingerprint density at radius 1 is 0.258 bits per heavy atom. The lowest BCUT2D eigenvalue weighted by Crippen LogP contribution is -1.89. The van der Waals surface area contributed by atoms with Gasteiger partial charge in [0.25, 0.3) is 0 Å². The summed E-state index contributed by atoms with van der Waals surface area (Å²) in [6.07, 6.45) is -1.82. The van der Waals surface area contributed by atoms with Crippen molar-refractivity contribution in [2.45, 2.75) is 52.1 Å². The zero-order valence-corrected chi connectivity index (χ0v) is 37.2. The van der Waals surface area contributed by atoms with E-state index >= 15 is 0 Å². The lowest BCUT2D eigenvalue weighted by atomic mass is 9.86. The molecule has 8 N–H and O–H groups in total. The maximum Gasteiger partial charge on any atom is 0.116 e. The Kier molecular flexibility index (Phi) is 14.5. The highest BCUT2D eigenvalue weighted by molar-refractivity contribution is 6.39. The van der Waals surface area contributed by atoms with Crippen molar-refractivity contribution >= 4 is 64.6 Å². The van der Waals surface area contributed by atoms with E-state index in [0.29, 0.717) is 0 Å². The molecule has 8 nitrogen and oxygen atoms in total. The average molecular weight is 879 g/mol. The van der Waals surface area contributed by atoms with Crippen molar-refractivity contribution in [3.05, 3.63) is 204 Å². The maximum absolute atomic E-state index is 9.39. The second-order valence-electron chi connectivity index (χ2n) is 16.5. The van der Waals surface area contributed by atoms with Crippen LogP contribution in [0.4, 0.5) is 0 Å². The molecule has 334 valence electrons. The van der Waals surface area contributed by atoms with E-state index in [1.54, 1.807) is 113 Å². The summed E-state index contributed by atoms with van der Waals surface area (Å²) >= 11 is 0. The minimum atomic E-state index is -0.458. The summed E-state index contributed by atoms with van der Waals surface area (Å²) < 4.78 is 0. The Bertz CT molecular complexity index is 3050. The Balaban J connectivity index is 0.000000129. The molecular formula is C58H54O8. The predicted molar refractivity (Wildman–Crippen MR) is 269 cm³/mol. The lowest BCUT2D eigenvalue weighted by molar-refractivity contribution is 0.199. The van der Waals surface area contributed by atoms with Gasteiger partial charge in [-0.1, -0.05) is 127 Å². The van der Waals surface area contributed by atoms with E-state index in [2.05, 4.69) is 72.8 Å². The van der Waals surface area contributed by atoms with Gasteiger partial charge in [0.1, 0.15) is 23.0 Å². The zero-order valence-electron chi connectivity index (χ0n) is 37.2. The molecule has 11 aromatic carbocycles. The van der Waals surface area contributed by atoms with Crippen LogP contribution in [0, 0.1) is 0 Å². The third-order valence-electron chi connectivity index (χ3n) is 11.6. The molecule has 0 amide bonds. The van der Waals surface area contributed by atoms with Crippen LogP contribution in [0.25, 0.3) is 64.6 Å². The van der Waals surface area contributed by atoms with E-state index in [1.165, 1.54) is 53.9 Å². The molecule has 66 heavy (non-hydrogen) atoms. The van der Waals surface area contributed by atoms with Crippen LogP contribution in [0.2, 0.25) is 0 Å². The van der Waals surface area contributed by atoms with Gasteiger partial charge in [-0.2, -0.15) is 0 Å². The summed E-state index contributed by atoms with van der Waals surface area (Å²) in [7, 11) is 0. The second-order valence-corrected chi connectivity index (χ2v) is 16.5. The van der Waals surface area contributed by atoms with Crippen LogP contribution in [0.15, 0.2) is 182 Å². The van der Waals surface area contributed by atoms with E-state index in [4.69, 9.17) is 30.6 Å². The topological polar surface area (TPSA) is 162 Å². The van der Waals surface area contributed by atoms with Gasteiger partial charge in [-0.3, -0.25) is 0 Å². The Morgan fingerprint density at radius 2 is 0.530 bits per heavy atom. The molecule has 0 aliphatic carbocycles. The average Bonchev–Trinajstić information content (AvgIpc) is 3.31. The minimum Gasteiger partial charge on any atom is -0.508 e. The van der Waals surface area contributed by atoms with Crippen LogP contribution in [-0.2, 0) is 0 Å². The first-order valence-electron chi connectivity index (χ1n) is 21.8. The Labute approximate surface area is 383 Å². The molecule has 0 aromatic heterocycles. The van der Waals surface area contributed by atoms with Gasteiger partial charge in [-0.05, 0) is 169 Å². The van der Waals surface area contributed by atoms with Gasteiger partial charge >= 0.3 is 0 Å². The first-order valence-corrected chi connectivity index (χ1v) is 21.8. The van der Waals surface area contributed by atoms with Gasteiger partial charge < -0.3 is 40.9 Å². The van der Waals surface area contributed by atoms with Crippen molar-refractivity contribution in [3.63, 3.8) is 0 Å². The quantitative estimate of drug-likeness (QED) is 0.0640.